The molecular weight excluding hydrogens is 433 g/mol. The van der Waals surface area contributed by atoms with Gasteiger partial charge in [0.05, 0.1) is 16.8 Å². The molecule has 0 unspecified atom stereocenters. The monoisotopic (exact) mass is 454 g/mol. The summed E-state index contributed by atoms with van der Waals surface area (Å²) in [6, 6.07) is 0. The number of ether oxygens (including phenoxy) is 1. The molecule has 7 nitrogen and oxygen atoms in total. The maximum Gasteiger partial charge on any atom is 0.522 e. The lowest BCUT2D eigenvalue weighted by Crippen LogP contribution is -2.48. The van der Waals surface area contributed by atoms with E-state index in [-0.39, 0.29) is 6.42 Å². The quantitative estimate of drug-likeness (QED) is 0.750. The maximum absolute atomic E-state index is 12.3. The third kappa shape index (κ3) is 5.93. The van der Waals surface area contributed by atoms with E-state index in [1.54, 1.807) is 0 Å². The minimum atomic E-state index is -4.69. The van der Waals surface area contributed by atoms with Crippen LogP contribution in [0.5, 0.6) is 0 Å². The first-order valence-corrected chi connectivity index (χ1v) is 9.18. The van der Waals surface area contributed by atoms with Gasteiger partial charge in [0.1, 0.15) is 11.6 Å². The first kappa shape index (κ1) is 21.7. The van der Waals surface area contributed by atoms with E-state index in [0.717, 1.165) is 0 Å². The van der Waals surface area contributed by atoms with Crippen LogP contribution in [0.3, 0.4) is 0 Å². The Bertz CT molecular complexity index is 687. The molecule has 1 saturated heterocycles. The van der Waals surface area contributed by atoms with Crippen LogP contribution < -0.4 is 4.90 Å². The Labute approximate surface area is 163 Å². The number of hydrogen-bond donors (Lipinski definition) is 1. The van der Waals surface area contributed by atoms with Gasteiger partial charge in [-0.05, 0) is 15.9 Å². The van der Waals surface area contributed by atoms with Gasteiger partial charge in [0, 0.05) is 38.0 Å². The standard InChI is InChI=1S/C16H22BrF3N4O3/c1-15(2,3)13-21-10(4-9-27-16(18,19)20)11(17)12(22-13)23-5-7-24(8-6-23)14(25)26/h4-9H2,1-3H3,(H,25,26). The van der Waals surface area contributed by atoms with E-state index in [0.29, 0.717) is 48.0 Å². The number of hydrogen-bond acceptors (Lipinski definition) is 5. The number of carboxylic acid groups (broad SMARTS) is 1. The number of amides is 1. The van der Waals surface area contributed by atoms with Gasteiger partial charge in [0.2, 0.25) is 0 Å². The first-order valence-electron chi connectivity index (χ1n) is 8.39. The summed E-state index contributed by atoms with van der Waals surface area (Å²) in [5.74, 6) is 1.06. The van der Waals surface area contributed by atoms with E-state index in [9.17, 15) is 18.0 Å². The second-order valence-electron chi connectivity index (χ2n) is 7.18. The Morgan fingerprint density at radius 3 is 2.26 bits per heavy atom. The first-order chi connectivity index (χ1) is 12.4. The van der Waals surface area contributed by atoms with E-state index < -0.39 is 24.5 Å². The molecule has 1 N–H and O–H groups in total. The van der Waals surface area contributed by atoms with Crippen LogP contribution in [0.4, 0.5) is 23.8 Å². The average molecular weight is 455 g/mol. The minimum Gasteiger partial charge on any atom is -0.465 e. The molecule has 1 amide bonds. The van der Waals surface area contributed by atoms with E-state index in [1.165, 1.54) is 4.90 Å². The predicted octanol–water partition coefficient (Wildman–Crippen LogP) is 3.42. The van der Waals surface area contributed by atoms with Crippen LogP contribution >= 0.6 is 15.9 Å². The predicted molar refractivity (Wildman–Crippen MR) is 96.0 cm³/mol. The van der Waals surface area contributed by atoms with E-state index in [4.69, 9.17) is 5.11 Å². The van der Waals surface area contributed by atoms with Gasteiger partial charge in [-0.25, -0.2) is 14.8 Å². The summed E-state index contributed by atoms with van der Waals surface area (Å²) < 4.78 is 41.2. The number of anilines is 1. The third-order valence-corrected chi connectivity index (χ3v) is 4.84. The molecular formula is C16H22BrF3N4O3. The molecule has 152 valence electrons. The molecule has 0 bridgehead atoms. The summed E-state index contributed by atoms with van der Waals surface area (Å²) in [5.41, 5.74) is 0.0210. The maximum atomic E-state index is 12.3. The fourth-order valence-electron chi connectivity index (χ4n) is 2.56. The van der Waals surface area contributed by atoms with Crippen molar-refractivity contribution in [3.63, 3.8) is 0 Å². The second-order valence-corrected chi connectivity index (χ2v) is 7.98. The number of nitrogens with zero attached hydrogens (tertiary/aromatic N) is 4. The Hall–Kier alpha value is -1.62. The molecule has 0 spiro atoms. The highest BCUT2D eigenvalue weighted by molar-refractivity contribution is 9.10. The van der Waals surface area contributed by atoms with Crippen LogP contribution in [0.25, 0.3) is 0 Å². The lowest BCUT2D eigenvalue weighted by molar-refractivity contribution is -0.324. The Morgan fingerprint density at radius 1 is 1.19 bits per heavy atom. The smallest absolute Gasteiger partial charge is 0.465 e. The topological polar surface area (TPSA) is 78.8 Å². The van der Waals surface area contributed by atoms with Crippen molar-refractivity contribution in [2.75, 3.05) is 37.7 Å². The molecule has 2 rings (SSSR count). The van der Waals surface area contributed by atoms with Crippen molar-refractivity contribution in [3.05, 3.63) is 16.0 Å². The fourth-order valence-corrected chi connectivity index (χ4v) is 3.19. The van der Waals surface area contributed by atoms with Gasteiger partial charge in [-0.1, -0.05) is 20.8 Å². The number of piperazine rings is 1. The molecule has 0 aliphatic carbocycles. The zero-order chi connectivity index (χ0) is 20.4. The zero-order valence-electron chi connectivity index (χ0n) is 15.3. The van der Waals surface area contributed by atoms with Gasteiger partial charge < -0.3 is 14.9 Å². The average Bonchev–Trinajstić information content (AvgIpc) is 2.54. The Balaban J connectivity index is 2.27. The largest absolute Gasteiger partial charge is 0.522 e. The number of aromatic nitrogens is 2. The molecule has 0 radical (unpaired) electrons. The highest BCUT2D eigenvalue weighted by Crippen LogP contribution is 2.32. The number of carbonyl (C=O) groups is 1. The molecule has 27 heavy (non-hydrogen) atoms. The molecule has 1 aromatic rings. The van der Waals surface area contributed by atoms with Crippen molar-refractivity contribution in [3.8, 4) is 0 Å². The lowest BCUT2D eigenvalue weighted by Gasteiger charge is -2.35. The van der Waals surface area contributed by atoms with Crippen molar-refractivity contribution in [1.29, 1.82) is 0 Å². The Kier molecular flexibility index (Phi) is 6.56. The lowest BCUT2D eigenvalue weighted by atomic mass is 9.95. The third-order valence-electron chi connectivity index (χ3n) is 4.03. The van der Waals surface area contributed by atoms with Crippen LogP contribution in [0.2, 0.25) is 0 Å². The van der Waals surface area contributed by atoms with Crippen LogP contribution in [0.15, 0.2) is 4.47 Å². The summed E-state index contributed by atoms with van der Waals surface area (Å²) in [6.07, 6.45) is -5.70. The van der Waals surface area contributed by atoms with Gasteiger partial charge in [0.25, 0.3) is 0 Å². The molecule has 11 heteroatoms. The highest BCUT2D eigenvalue weighted by atomic mass is 79.9. The highest BCUT2D eigenvalue weighted by Gasteiger charge is 2.30. The van der Waals surface area contributed by atoms with Crippen molar-refractivity contribution in [2.24, 2.45) is 0 Å². The number of halogens is 4. The summed E-state index contributed by atoms with van der Waals surface area (Å²) in [6.45, 7) is 6.71. The van der Waals surface area contributed by atoms with E-state index in [1.807, 2.05) is 25.7 Å². The molecule has 2 heterocycles. The minimum absolute atomic E-state index is 0.0339. The van der Waals surface area contributed by atoms with Gasteiger partial charge in [-0.15, -0.1) is 13.2 Å². The van der Waals surface area contributed by atoms with Gasteiger partial charge in [-0.3, -0.25) is 4.74 Å². The number of alkyl halides is 3. The van der Waals surface area contributed by atoms with Crippen LogP contribution in [-0.2, 0) is 16.6 Å². The Morgan fingerprint density at radius 2 is 1.78 bits per heavy atom. The summed E-state index contributed by atoms with van der Waals surface area (Å²) in [7, 11) is 0. The van der Waals surface area contributed by atoms with Gasteiger partial charge >= 0.3 is 12.5 Å². The van der Waals surface area contributed by atoms with Crippen molar-refractivity contribution in [1.82, 2.24) is 14.9 Å². The van der Waals surface area contributed by atoms with Crippen molar-refractivity contribution < 1.29 is 27.8 Å². The van der Waals surface area contributed by atoms with E-state index >= 15 is 0 Å². The molecule has 0 atom stereocenters. The molecule has 0 aromatic carbocycles. The second kappa shape index (κ2) is 8.17. The van der Waals surface area contributed by atoms with Crippen molar-refractivity contribution >= 4 is 27.8 Å². The SMILES string of the molecule is CC(C)(C)c1nc(CCOC(F)(F)F)c(Br)c(N2CCN(C(=O)O)CC2)n1. The number of rotatable bonds is 4. The zero-order valence-corrected chi connectivity index (χ0v) is 16.9. The van der Waals surface area contributed by atoms with Crippen LogP contribution in [0.1, 0.15) is 32.3 Å². The molecule has 1 aliphatic rings. The molecule has 1 fully saturated rings. The van der Waals surface area contributed by atoms with E-state index in [2.05, 4.69) is 30.6 Å². The van der Waals surface area contributed by atoms with Crippen LogP contribution in [-0.4, -0.2) is 65.2 Å². The summed E-state index contributed by atoms with van der Waals surface area (Å²) in [5, 5.41) is 9.07. The van der Waals surface area contributed by atoms with Gasteiger partial charge in [0.15, 0.2) is 0 Å². The summed E-state index contributed by atoms with van der Waals surface area (Å²) in [4.78, 5) is 23.3. The molecule has 0 saturated carbocycles. The fraction of sp³-hybridized carbons (Fsp3) is 0.688. The van der Waals surface area contributed by atoms with Crippen LogP contribution in [0, 0.1) is 0 Å². The van der Waals surface area contributed by atoms with Crippen molar-refractivity contribution in [2.45, 2.75) is 39.0 Å². The molecule has 1 aromatic heterocycles. The van der Waals surface area contributed by atoms with Gasteiger partial charge in [-0.2, -0.15) is 0 Å². The summed E-state index contributed by atoms with van der Waals surface area (Å²) >= 11 is 3.41. The normalized spacial score (nSPS) is 16.0. The molecule has 1 aliphatic heterocycles.